The predicted molar refractivity (Wildman–Crippen MR) is 76.8 cm³/mol. The molecule has 2 N–H and O–H groups in total. The fourth-order valence-electron chi connectivity index (χ4n) is 3.13. The molecule has 2 aliphatic rings. The van der Waals surface area contributed by atoms with Gasteiger partial charge in [0.1, 0.15) is 0 Å². The van der Waals surface area contributed by atoms with Gasteiger partial charge in [0.05, 0.1) is 0 Å². The van der Waals surface area contributed by atoms with Crippen molar-refractivity contribution in [2.75, 3.05) is 53.9 Å². The normalized spacial score (nSPS) is 29.7. The molecule has 1 aliphatic heterocycles. The lowest BCUT2D eigenvalue weighted by Crippen LogP contribution is -2.54. The van der Waals surface area contributed by atoms with E-state index in [0.717, 1.165) is 25.7 Å². The SMILES string of the molecule is CN(C)CCCN(C)C1(CN)CCN(C2CC2)C1. The van der Waals surface area contributed by atoms with Gasteiger partial charge in [0.15, 0.2) is 0 Å². The van der Waals surface area contributed by atoms with Gasteiger partial charge in [-0.05, 0) is 59.9 Å². The van der Waals surface area contributed by atoms with Crippen LogP contribution in [0.5, 0.6) is 0 Å². The first-order valence-electron chi connectivity index (χ1n) is 7.37. The molecule has 4 heteroatoms. The molecular weight excluding hydrogens is 224 g/mol. The standard InChI is InChI=1S/C14H30N4/c1-16(2)8-4-9-17(3)14(11-15)7-10-18(12-14)13-5-6-13/h13H,4-12,15H2,1-3H3. The fraction of sp³-hybridized carbons (Fsp3) is 1.00. The van der Waals surface area contributed by atoms with Gasteiger partial charge in [-0.3, -0.25) is 9.80 Å². The Morgan fingerprint density at radius 1 is 1.22 bits per heavy atom. The van der Waals surface area contributed by atoms with Gasteiger partial charge in [-0.15, -0.1) is 0 Å². The van der Waals surface area contributed by atoms with E-state index in [1.165, 1.54) is 38.8 Å². The lowest BCUT2D eigenvalue weighted by molar-refractivity contribution is 0.123. The Balaban J connectivity index is 1.82. The highest BCUT2D eigenvalue weighted by atomic mass is 15.3. The topological polar surface area (TPSA) is 35.7 Å². The monoisotopic (exact) mass is 254 g/mol. The van der Waals surface area contributed by atoms with Crippen LogP contribution in [0.25, 0.3) is 0 Å². The average Bonchev–Trinajstić information content (AvgIpc) is 3.09. The molecule has 1 unspecified atom stereocenters. The van der Waals surface area contributed by atoms with Crippen molar-refractivity contribution in [1.82, 2.24) is 14.7 Å². The summed E-state index contributed by atoms with van der Waals surface area (Å²) in [6.07, 6.45) is 5.29. The van der Waals surface area contributed by atoms with Crippen molar-refractivity contribution < 1.29 is 0 Å². The smallest absolute Gasteiger partial charge is 0.0467 e. The first kappa shape index (κ1) is 14.3. The molecule has 1 atom stereocenters. The van der Waals surface area contributed by atoms with Crippen LogP contribution in [0.2, 0.25) is 0 Å². The molecule has 1 aliphatic carbocycles. The molecule has 2 rings (SSSR count). The van der Waals surface area contributed by atoms with E-state index in [0.29, 0.717) is 0 Å². The van der Waals surface area contributed by atoms with Crippen molar-refractivity contribution in [3.05, 3.63) is 0 Å². The van der Waals surface area contributed by atoms with E-state index in [4.69, 9.17) is 5.73 Å². The first-order valence-corrected chi connectivity index (χ1v) is 7.37. The number of hydrogen-bond acceptors (Lipinski definition) is 4. The minimum atomic E-state index is 0.245. The largest absolute Gasteiger partial charge is 0.329 e. The summed E-state index contributed by atoms with van der Waals surface area (Å²) in [7, 11) is 6.55. The average molecular weight is 254 g/mol. The van der Waals surface area contributed by atoms with E-state index in [1.54, 1.807) is 0 Å². The molecule has 0 amide bonds. The van der Waals surface area contributed by atoms with E-state index >= 15 is 0 Å². The zero-order valence-corrected chi connectivity index (χ0v) is 12.4. The number of likely N-dealkylation sites (N-methyl/N-ethyl adjacent to an activating group) is 1. The van der Waals surface area contributed by atoms with E-state index < -0.39 is 0 Å². The molecule has 0 radical (unpaired) electrons. The maximum absolute atomic E-state index is 6.11. The molecule has 1 heterocycles. The maximum atomic E-state index is 6.11. The van der Waals surface area contributed by atoms with Gasteiger partial charge in [-0.25, -0.2) is 0 Å². The molecule has 1 saturated heterocycles. The van der Waals surface area contributed by atoms with Crippen molar-refractivity contribution >= 4 is 0 Å². The molecule has 106 valence electrons. The number of hydrogen-bond donors (Lipinski definition) is 1. The van der Waals surface area contributed by atoms with Crippen LogP contribution in [0.3, 0.4) is 0 Å². The molecule has 0 aromatic carbocycles. The van der Waals surface area contributed by atoms with Gasteiger partial charge < -0.3 is 10.6 Å². The lowest BCUT2D eigenvalue weighted by Gasteiger charge is -2.38. The third-order valence-corrected chi connectivity index (χ3v) is 4.71. The Labute approximate surface area is 112 Å². The number of likely N-dealkylation sites (tertiary alicyclic amines) is 1. The Morgan fingerprint density at radius 3 is 2.50 bits per heavy atom. The molecular formula is C14H30N4. The van der Waals surface area contributed by atoms with Crippen molar-refractivity contribution in [2.45, 2.75) is 37.3 Å². The van der Waals surface area contributed by atoms with E-state index in [1.807, 2.05) is 0 Å². The zero-order chi connectivity index (χ0) is 13.2. The van der Waals surface area contributed by atoms with Crippen LogP contribution < -0.4 is 5.73 Å². The van der Waals surface area contributed by atoms with Gasteiger partial charge in [-0.2, -0.15) is 0 Å². The van der Waals surface area contributed by atoms with Crippen LogP contribution in [0, 0.1) is 0 Å². The Hall–Kier alpha value is -0.160. The van der Waals surface area contributed by atoms with Crippen molar-refractivity contribution in [1.29, 1.82) is 0 Å². The second-order valence-electron chi connectivity index (χ2n) is 6.46. The van der Waals surface area contributed by atoms with E-state index in [-0.39, 0.29) is 5.54 Å². The summed E-state index contributed by atoms with van der Waals surface area (Å²) in [5.74, 6) is 0. The minimum absolute atomic E-state index is 0.245. The first-order chi connectivity index (χ1) is 8.57. The third kappa shape index (κ3) is 3.23. The summed E-state index contributed by atoms with van der Waals surface area (Å²) >= 11 is 0. The molecule has 18 heavy (non-hydrogen) atoms. The molecule has 0 aromatic heterocycles. The molecule has 4 nitrogen and oxygen atoms in total. The Morgan fingerprint density at radius 2 is 1.94 bits per heavy atom. The predicted octanol–water partition coefficient (Wildman–Crippen LogP) is 0.436. The van der Waals surface area contributed by atoms with Crippen molar-refractivity contribution in [2.24, 2.45) is 5.73 Å². The van der Waals surface area contributed by atoms with Gasteiger partial charge >= 0.3 is 0 Å². The fourth-order valence-corrected chi connectivity index (χ4v) is 3.13. The molecule has 1 saturated carbocycles. The highest BCUT2D eigenvalue weighted by Gasteiger charge is 2.44. The van der Waals surface area contributed by atoms with Gasteiger partial charge in [0, 0.05) is 31.2 Å². The van der Waals surface area contributed by atoms with Crippen molar-refractivity contribution in [3.63, 3.8) is 0 Å². The lowest BCUT2D eigenvalue weighted by atomic mass is 9.96. The summed E-state index contributed by atoms with van der Waals surface area (Å²) in [6, 6.07) is 0.883. The highest BCUT2D eigenvalue weighted by molar-refractivity contribution is 5.02. The number of nitrogens with two attached hydrogens (primary N) is 1. The number of rotatable bonds is 7. The van der Waals surface area contributed by atoms with Crippen LogP contribution in [0.4, 0.5) is 0 Å². The molecule has 2 fully saturated rings. The summed E-state index contributed by atoms with van der Waals surface area (Å²) in [6.45, 7) is 5.56. The zero-order valence-electron chi connectivity index (χ0n) is 12.4. The van der Waals surface area contributed by atoms with E-state index in [2.05, 4.69) is 35.8 Å². The second-order valence-corrected chi connectivity index (χ2v) is 6.46. The Bertz CT molecular complexity index is 265. The van der Waals surface area contributed by atoms with Crippen molar-refractivity contribution in [3.8, 4) is 0 Å². The highest BCUT2D eigenvalue weighted by Crippen LogP contribution is 2.35. The maximum Gasteiger partial charge on any atom is 0.0467 e. The molecule has 0 aromatic rings. The summed E-state index contributed by atoms with van der Waals surface area (Å²) in [5, 5.41) is 0. The van der Waals surface area contributed by atoms with Crippen LogP contribution in [-0.4, -0.2) is 80.1 Å². The van der Waals surface area contributed by atoms with Gasteiger partial charge in [0.2, 0.25) is 0 Å². The molecule has 0 bridgehead atoms. The van der Waals surface area contributed by atoms with Gasteiger partial charge in [0.25, 0.3) is 0 Å². The molecule has 0 spiro atoms. The van der Waals surface area contributed by atoms with Crippen LogP contribution in [0.1, 0.15) is 25.7 Å². The number of nitrogens with zero attached hydrogens (tertiary/aromatic N) is 3. The van der Waals surface area contributed by atoms with E-state index in [9.17, 15) is 0 Å². The summed E-state index contributed by atoms with van der Waals surface area (Å²) < 4.78 is 0. The summed E-state index contributed by atoms with van der Waals surface area (Å²) in [5.41, 5.74) is 6.35. The quantitative estimate of drug-likeness (QED) is 0.715. The third-order valence-electron chi connectivity index (χ3n) is 4.71. The summed E-state index contributed by atoms with van der Waals surface area (Å²) in [4.78, 5) is 7.45. The minimum Gasteiger partial charge on any atom is -0.329 e. The van der Waals surface area contributed by atoms with Crippen LogP contribution in [-0.2, 0) is 0 Å². The van der Waals surface area contributed by atoms with Crippen LogP contribution >= 0.6 is 0 Å². The van der Waals surface area contributed by atoms with Crippen LogP contribution in [0.15, 0.2) is 0 Å². The Kier molecular flexibility index (Phi) is 4.64. The van der Waals surface area contributed by atoms with Gasteiger partial charge in [-0.1, -0.05) is 0 Å². The second kappa shape index (κ2) is 5.87.